The molecular formula is C15H13NO2. The topological polar surface area (TPSA) is 53.2 Å². The molecule has 0 aliphatic rings. The van der Waals surface area contributed by atoms with E-state index in [9.17, 15) is 5.11 Å². The fraction of sp³-hybridized carbons (Fsp3) is 0.133. The van der Waals surface area contributed by atoms with Crippen LogP contribution in [0.4, 0.5) is 0 Å². The van der Waals surface area contributed by atoms with Crippen molar-refractivity contribution in [3.05, 3.63) is 47.5 Å². The molecule has 2 aromatic carbocycles. The summed E-state index contributed by atoms with van der Waals surface area (Å²) in [5.74, 6) is 0.805. The van der Waals surface area contributed by atoms with Crippen LogP contribution in [0.3, 0.4) is 0 Å². The lowest BCUT2D eigenvalue weighted by atomic mass is 9.99. The molecule has 0 aromatic heterocycles. The van der Waals surface area contributed by atoms with Crippen LogP contribution in [-0.4, -0.2) is 12.2 Å². The Morgan fingerprint density at radius 3 is 2.50 bits per heavy atom. The quantitative estimate of drug-likeness (QED) is 0.875. The highest BCUT2D eigenvalue weighted by Crippen LogP contribution is 2.30. The number of nitriles is 1. The van der Waals surface area contributed by atoms with E-state index in [1.165, 1.54) is 0 Å². The zero-order valence-corrected chi connectivity index (χ0v) is 10.3. The number of aromatic hydroxyl groups is 1. The van der Waals surface area contributed by atoms with Crippen molar-refractivity contribution in [2.45, 2.75) is 6.92 Å². The molecular weight excluding hydrogens is 226 g/mol. The third-order valence-corrected chi connectivity index (χ3v) is 2.86. The number of ether oxygens (including phenoxy) is 1. The average Bonchev–Trinajstić information content (AvgIpc) is 2.38. The van der Waals surface area contributed by atoms with Gasteiger partial charge in [-0.25, -0.2) is 0 Å². The Kier molecular flexibility index (Phi) is 3.20. The second-order valence-electron chi connectivity index (χ2n) is 4.02. The number of nitrogens with zero attached hydrogens (tertiary/aromatic N) is 1. The summed E-state index contributed by atoms with van der Waals surface area (Å²) in [6.45, 7) is 1.98. The van der Waals surface area contributed by atoms with Gasteiger partial charge in [0.25, 0.3) is 0 Å². The summed E-state index contributed by atoms with van der Waals surface area (Å²) >= 11 is 0. The van der Waals surface area contributed by atoms with Crippen molar-refractivity contribution in [2.75, 3.05) is 7.11 Å². The Morgan fingerprint density at radius 2 is 1.94 bits per heavy atom. The third kappa shape index (κ3) is 2.14. The van der Waals surface area contributed by atoms with Crippen LogP contribution >= 0.6 is 0 Å². The highest BCUT2D eigenvalue weighted by Gasteiger charge is 2.06. The number of phenolic OH excluding ortho intramolecular Hbond substituents is 1. The fourth-order valence-electron chi connectivity index (χ4n) is 1.88. The van der Waals surface area contributed by atoms with E-state index in [4.69, 9.17) is 10.00 Å². The molecule has 0 unspecified atom stereocenters. The van der Waals surface area contributed by atoms with Crippen molar-refractivity contribution >= 4 is 0 Å². The van der Waals surface area contributed by atoms with Gasteiger partial charge >= 0.3 is 0 Å². The summed E-state index contributed by atoms with van der Waals surface area (Å²) in [6, 6.07) is 12.7. The Bertz CT molecular complexity index is 627. The second-order valence-corrected chi connectivity index (χ2v) is 4.02. The zero-order chi connectivity index (χ0) is 13.1. The predicted octanol–water partition coefficient (Wildman–Crippen LogP) is 3.25. The number of rotatable bonds is 2. The van der Waals surface area contributed by atoms with E-state index in [0.29, 0.717) is 0 Å². The van der Waals surface area contributed by atoms with Crippen LogP contribution in [0.5, 0.6) is 11.5 Å². The van der Waals surface area contributed by atoms with Gasteiger partial charge in [-0.2, -0.15) is 5.26 Å². The molecule has 1 N–H and O–H groups in total. The zero-order valence-electron chi connectivity index (χ0n) is 10.3. The van der Waals surface area contributed by atoms with Gasteiger partial charge in [-0.05, 0) is 47.9 Å². The fourth-order valence-corrected chi connectivity index (χ4v) is 1.88. The number of phenols is 1. The highest BCUT2D eigenvalue weighted by molar-refractivity contribution is 5.70. The van der Waals surface area contributed by atoms with Crippen LogP contribution < -0.4 is 4.74 Å². The number of hydrogen-bond acceptors (Lipinski definition) is 3. The molecule has 0 heterocycles. The van der Waals surface area contributed by atoms with Crippen LogP contribution in [0.2, 0.25) is 0 Å². The highest BCUT2D eigenvalue weighted by atomic mass is 16.5. The molecule has 0 radical (unpaired) electrons. The third-order valence-electron chi connectivity index (χ3n) is 2.86. The van der Waals surface area contributed by atoms with Crippen LogP contribution in [0.15, 0.2) is 36.4 Å². The normalized spacial score (nSPS) is 9.83. The maximum Gasteiger partial charge on any atom is 0.133 e. The van der Waals surface area contributed by atoms with Crippen molar-refractivity contribution in [3.63, 3.8) is 0 Å². The molecule has 0 fully saturated rings. The van der Waals surface area contributed by atoms with Crippen LogP contribution in [-0.2, 0) is 0 Å². The van der Waals surface area contributed by atoms with Crippen molar-refractivity contribution in [2.24, 2.45) is 0 Å². The Morgan fingerprint density at radius 1 is 1.17 bits per heavy atom. The minimum Gasteiger partial charge on any atom is -0.507 e. The van der Waals surface area contributed by atoms with E-state index in [1.807, 2.05) is 37.3 Å². The Hall–Kier alpha value is -2.47. The van der Waals surface area contributed by atoms with E-state index < -0.39 is 0 Å². The van der Waals surface area contributed by atoms with E-state index in [2.05, 4.69) is 0 Å². The van der Waals surface area contributed by atoms with Crippen molar-refractivity contribution in [1.82, 2.24) is 0 Å². The predicted molar refractivity (Wildman–Crippen MR) is 69.5 cm³/mol. The molecule has 2 aromatic rings. The van der Waals surface area contributed by atoms with Gasteiger partial charge in [0.1, 0.15) is 17.6 Å². The van der Waals surface area contributed by atoms with Gasteiger partial charge in [0.05, 0.1) is 12.7 Å². The van der Waals surface area contributed by atoms with Gasteiger partial charge in [-0.3, -0.25) is 0 Å². The smallest absolute Gasteiger partial charge is 0.133 e. The summed E-state index contributed by atoms with van der Waals surface area (Å²) in [5.41, 5.74) is 3.23. The summed E-state index contributed by atoms with van der Waals surface area (Å²) in [4.78, 5) is 0. The van der Waals surface area contributed by atoms with Crippen molar-refractivity contribution < 1.29 is 9.84 Å². The number of aryl methyl sites for hydroxylation is 1. The molecule has 2 rings (SSSR count). The molecule has 0 spiro atoms. The molecule has 0 saturated heterocycles. The van der Waals surface area contributed by atoms with E-state index >= 15 is 0 Å². The molecule has 0 atom stereocenters. The lowest BCUT2D eigenvalue weighted by molar-refractivity contribution is 0.414. The molecule has 0 saturated carbocycles. The molecule has 0 amide bonds. The standard InChI is InChI=1S/C15H13NO2/c1-10-7-13(18-2)5-6-14(10)11-3-4-12(9-16)15(17)8-11/h3-8,17H,1-2H3. The molecule has 3 nitrogen and oxygen atoms in total. The van der Waals surface area contributed by atoms with Gasteiger partial charge in [-0.15, -0.1) is 0 Å². The molecule has 90 valence electrons. The van der Waals surface area contributed by atoms with E-state index in [-0.39, 0.29) is 11.3 Å². The van der Waals surface area contributed by atoms with Gasteiger partial charge in [0, 0.05) is 0 Å². The second kappa shape index (κ2) is 4.80. The van der Waals surface area contributed by atoms with Gasteiger partial charge in [0.15, 0.2) is 0 Å². The van der Waals surface area contributed by atoms with Crippen LogP contribution in [0.25, 0.3) is 11.1 Å². The minimum absolute atomic E-state index is 0.00483. The SMILES string of the molecule is COc1ccc(-c2ccc(C#N)c(O)c2)c(C)c1. The summed E-state index contributed by atoms with van der Waals surface area (Å²) in [7, 11) is 1.63. The first-order valence-electron chi connectivity index (χ1n) is 5.54. The lowest BCUT2D eigenvalue weighted by Gasteiger charge is -2.09. The molecule has 18 heavy (non-hydrogen) atoms. The van der Waals surface area contributed by atoms with Gasteiger partial charge in [-0.1, -0.05) is 12.1 Å². The monoisotopic (exact) mass is 239 g/mol. The summed E-state index contributed by atoms with van der Waals surface area (Å²) < 4.78 is 5.15. The van der Waals surface area contributed by atoms with E-state index in [0.717, 1.165) is 22.4 Å². The Balaban J connectivity index is 2.49. The molecule has 0 aliphatic heterocycles. The largest absolute Gasteiger partial charge is 0.507 e. The van der Waals surface area contributed by atoms with Crippen molar-refractivity contribution in [1.29, 1.82) is 5.26 Å². The molecule has 0 aliphatic carbocycles. The first-order valence-corrected chi connectivity index (χ1v) is 5.54. The van der Waals surface area contributed by atoms with Gasteiger partial charge < -0.3 is 9.84 Å². The van der Waals surface area contributed by atoms with Gasteiger partial charge in [0.2, 0.25) is 0 Å². The first-order chi connectivity index (χ1) is 8.65. The maximum atomic E-state index is 9.70. The minimum atomic E-state index is 0.00483. The number of hydrogen-bond donors (Lipinski definition) is 1. The van der Waals surface area contributed by atoms with Crippen molar-refractivity contribution in [3.8, 4) is 28.7 Å². The first kappa shape index (κ1) is 12.0. The number of methoxy groups -OCH3 is 1. The molecule has 0 bridgehead atoms. The van der Waals surface area contributed by atoms with Crippen LogP contribution in [0.1, 0.15) is 11.1 Å². The average molecular weight is 239 g/mol. The van der Waals surface area contributed by atoms with Crippen LogP contribution in [0, 0.1) is 18.3 Å². The lowest BCUT2D eigenvalue weighted by Crippen LogP contribution is -1.88. The molecule has 3 heteroatoms. The number of benzene rings is 2. The maximum absolute atomic E-state index is 9.70. The summed E-state index contributed by atoms with van der Waals surface area (Å²) in [5, 5.41) is 18.5. The Labute approximate surface area is 106 Å². The van der Waals surface area contributed by atoms with E-state index in [1.54, 1.807) is 19.2 Å². The summed E-state index contributed by atoms with van der Waals surface area (Å²) in [6.07, 6.45) is 0.